The number of carboxylic acids is 1. The SMILES string of the molecule is CCC(CC)(CNC(=O)c1ccc(Cl)c(C)c1)C(=O)O. The number of halogens is 1. The van der Waals surface area contributed by atoms with Crippen LogP contribution in [0.15, 0.2) is 18.2 Å². The van der Waals surface area contributed by atoms with Crippen molar-refractivity contribution in [1.29, 1.82) is 0 Å². The summed E-state index contributed by atoms with van der Waals surface area (Å²) in [4.78, 5) is 23.4. The predicted molar refractivity (Wildman–Crippen MR) is 79.2 cm³/mol. The van der Waals surface area contributed by atoms with Gasteiger partial charge in [0.25, 0.3) is 5.91 Å². The first-order valence-electron chi connectivity index (χ1n) is 6.64. The van der Waals surface area contributed by atoms with E-state index in [1.807, 2.05) is 20.8 Å². The number of amides is 1. The Kier molecular flexibility index (Phi) is 5.57. The molecule has 0 atom stereocenters. The van der Waals surface area contributed by atoms with E-state index in [1.165, 1.54) is 0 Å². The average molecular weight is 298 g/mol. The number of carbonyl (C=O) groups excluding carboxylic acids is 1. The molecule has 0 heterocycles. The summed E-state index contributed by atoms with van der Waals surface area (Å²) in [5.74, 6) is -1.16. The van der Waals surface area contributed by atoms with Crippen molar-refractivity contribution in [3.05, 3.63) is 34.3 Å². The molecule has 0 aliphatic carbocycles. The standard InChI is InChI=1S/C15H20ClNO3/c1-4-15(5-2,14(19)20)9-17-13(18)11-6-7-12(16)10(3)8-11/h6-8H,4-5,9H2,1-3H3,(H,17,18)(H,19,20). The van der Waals surface area contributed by atoms with E-state index >= 15 is 0 Å². The van der Waals surface area contributed by atoms with Crippen molar-refractivity contribution in [3.63, 3.8) is 0 Å². The first-order valence-corrected chi connectivity index (χ1v) is 7.02. The molecule has 0 aromatic heterocycles. The van der Waals surface area contributed by atoms with Crippen LogP contribution in [0.2, 0.25) is 5.02 Å². The van der Waals surface area contributed by atoms with Gasteiger partial charge in [0, 0.05) is 17.1 Å². The van der Waals surface area contributed by atoms with E-state index in [1.54, 1.807) is 18.2 Å². The molecule has 0 bridgehead atoms. The van der Waals surface area contributed by atoms with Gasteiger partial charge in [0.2, 0.25) is 0 Å². The zero-order valence-electron chi connectivity index (χ0n) is 12.0. The molecule has 1 aromatic rings. The Morgan fingerprint density at radius 1 is 1.30 bits per heavy atom. The molecule has 5 heteroatoms. The molecule has 0 radical (unpaired) electrons. The summed E-state index contributed by atoms with van der Waals surface area (Å²) in [6.07, 6.45) is 0.942. The van der Waals surface area contributed by atoms with Gasteiger partial charge in [-0.25, -0.2) is 0 Å². The van der Waals surface area contributed by atoms with Crippen molar-refractivity contribution in [2.24, 2.45) is 5.41 Å². The van der Waals surface area contributed by atoms with Gasteiger partial charge >= 0.3 is 5.97 Å². The monoisotopic (exact) mass is 297 g/mol. The Bertz CT molecular complexity index is 510. The second-order valence-electron chi connectivity index (χ2n) is 4.94. The number of benzene rings is 1. The van der Waals surface area contributed by atoms with Crippen molar-refractivity contribution >= 4 is 23.5 Å². The van der Waals surface area contributed by atoms with Crippen LogP contribution in [0.4, 0.5) is 0 Å². The lowest BCUT2D eigenvalue weighted by molar-refractivity contribution is -0.149. The van der Waals surface area contributed by atoms with Gasteiger partial charge in [-0.05, 0) is 43.5 Å². The molecule has 0 unspecified atom stereocenters. The summed E-state index contributed by atoms with van der Waals surface area (Å²) >= 11 is 5.91. The van der Waals surface area contributed by atoms with Gasteiger partial charge in [0.05, 0.1) is 5.41 Å². The predicted octanol–water partition coefficient (Wildman–Crippen LogP) is 3.27. The van der Waals surface area contributed by atoms with Gasteiger partial charge in [-0.1, -0.05) is 25.4 Å². The Balaban J connectivity index is 2.80. The highest BCUT2D eigenvalue weighted by Crippen LogP contribution is 2.26. The fourth-order valence-electron chi connectivity index (χ4n) is 2.02. The van der Waals surface area contributed by atoms with E-state index in [0.29, 0.717) is 23.4 Å². The number of carboxylic acid groups (broad SMARTS) is 1. The molecule has 4 nitrogen and oxygen atoms in total. The molecule has 1 aromatic carbocycles. The van der Waals surface area contributed by atoms with Gasteiger partial charge in [0.15, 0.2) is 0 Å². The van der Waals surface area contributed by atoms with Crippen molar-refractivity contribution in [2.75, 3.05) is 6.54 Å². The lowest BCUT2D eigenvalue weighted by Gasteiger charge is -2.26. The highest BCUT2D eigenvalue weighted by Gasteiger charge is 2.35. The van der Waals surface area contributed by atoms with Crippen LogP contribution in [0.5, 0.6) is 0 Å². The van der Waals surface area contributed by atoms with Crippen molar-refractivity contribution in [1.82, 2.24) is 5.32 Å². The maximum absolute atomic E-state index is 12.1. The third kappa shape index (κ3) is 3.51. The van der Waals surface area contributed by atoms with Crippen molar-refractivity contribution in [2.45, 2.75) is 33.6 Å². The van der Waals surface area contributed by atoms with E-state index in [0.717, 1.165) is 5.56 Å². The lowest BCUT2D eigenvalue weighted by atomic mass is 9.82. The molecule has 110 valence electrons. The Morgan fingerprint density at radius 3 is 2.35 bits per heavy atom. The second kappa shape index (κ2) is 6.75. The fourth-order valence-corrected chi connectivity index (χ4v) is 2.13. The number of aryl methyl sites for hydroxylation is 1. The fraction of sp³-hybridized carbons (Fsp3) is 0.467. The first kappa shape index (κ1) is 16.5. The Labute approximate surface area is 124 Å². The van der Waals surface area contributed by atoms with Gasteiger partial charge < -0.3 is 10.4 Å². The number of carbonyl (C=O) groups is 2. The number of nitrogens with one attached hydrogen (secondary N) is 1. The van der Waals surface area contributed by atoms with E-state index in [-0.39, 0.29) is 12.5 Å². The normalized spacial score (nSPS) is 11.2. The minimum Gasteiger partial charge on any atom is -0.481 e. The summed E-state index contributed by atoms with van der Waals surface area (Å²) < 4.78 is 0. The number of hydrogen-bond donors (Lipinski definition) is 2. The number of hydrogen-bond acceptors (Lipinski definition) is 2. The van der Waals surface area contributed by atoms with E-state index in [2.05, 4.69) is 5.32 Å². The highest BCUT2D eigenvalue weighted by molar-refractivity contribution is 6.31. The van der Waals surface area contributed by atoms with Gasteiger partial charge in [-0.15, -0.1) is 0 Å². The molecule has 1 rings (SSSR count). The second-order valence-corrected chi connectivity index (χ2v) is 5.35. The molecule has 20 heavy (non-hydrogen) atoms. The molecule has 0 fully saturated rings. The number of rotatable bonds is 6. The minimum atomic E-state index is -0.906. The van der Waals surface area contributed by atoms with Gasteiger partial charge in [-0.3, -0.25) is 9.59 Å². The van der Waals surface area contributed by atoms with Gasteiger partial charge in [-0.2, -0.15) is 0 Å². The Morgan fingerprint density at radius 2 is 1.90 bits per heavy atom. The first-order chi connectivity index (χ1) is 9.36. The van der Waals surface area contributed by atoms with Crippen LogP contribution in [0.25, 0.3) is 0 Å². The molecule has 0 aliphatic rings. The quantitative estimate of drug-likeness (QED) is 0.847. The van der Waals surface area contributed by atoms with Crippen LogP contribution in [0, 0.1) is 12.3 Å². The van der Waals surface area contributed by atoms with E-state index in [4.69, 9.17) is 11.6 Å². The van der Waals surface area contributed by atoms with Crippen LogP contribution < -0.4 is 5.32 Å². The number of aliphatic carboxylic acids is 1. The average Bonchev–Trinajstić information content (AvgIpc) is 2.43. The summed E-state index contributed by atoms with van der Waals surface area (Å²) in [6, 6.07) is 4.99. The third-order valence-corrected chi connectivity index (χ3v) is 4.24. The zero-order valence-corrected chi connectivity index (χ0v) is 12.8. The molecule has 0 spiro atoms. The molecule has 0 saturated heterocycles. The molecular weight excluding hydrogens is 278 g/mol. The molecular formula is C15H20ClNO3. The minimum absolute atomic E-state index is 0.121. The zero-order chi connectivity index (χ0) is 15.3. The maximum atomic E-state index is 12.1. The van der Waals surface area contributed by atoms with Crippen molar-refractivity contribution < 1.29 is 14.7 Å². The highest BCUT2D eigenvalue weighted by atomic mass is 35.5. The summed E-state index contributed by atoms with van der Waals surface area (Å²) in [5, 5.41) is 12.6. The summed E-state index contributed by atoms with van der Waals surface area (Å²) in [7, 11) is 0. The molecule has 2 N–H and O–H groups in total. The van der Waals surface area contributed by atoms with E-state index in [9.17, 15) is 14.7 Å². The summed E-state index contributed by atoms with van der Waals surface area (Å²) in [5.41, 5.74) is 0.394. The Hall–Kier alpha value is -1.55. The van der Waals surface area contributed by atoms with Crippen LogP contribution in [-0.4, -0.2) is 23.5 Å². The lowest BCUT2D eigenvalue weighted by Crippen LogP contribution is -2.42. The van der Waals surface area contributed by atoms with Crippen LogP contribution in [-0.2, 0) is 4.79 Å². The van der Waals surface area contributed by atoms with E-state index < -0.39 is 11.4 Å². The molecule has 0 aliphatic heterocycles. The summed E-state index contributed by atoms with van der Waals surface area (Å²) in [6.45, 7) is 5.57. The smallest absolute Gasteiger partial charge is 0.311 e. The van der Waals surface area contributed by atoms with Crippen LogP contribution in [0.3, 0.4) is 0 Å². The molecule has 1 amide bonds. The third-order valence-electron chi connectivity index (χ3n) is 3.81. The van der Waals surface area contributed by atoms with Crippen LogP contribution >= 0.6 is 11.6 Å². The van der Waals surface area contributed by atoms with Crippen LogP contribution in [0.1, 0.15) is 42.6 Å². The van der Waals surface area contributed by atoms with Crippen molar-refractivity contribution in [3.8, 4) is 0 Å². The largest absolute Gasteiger partial charge is 0.481 e. The maximum Gasteiger partial charge on any atom is 0.311 e. The topological polar surface area (TPSA) is 66.4 Å². The van der Waals surface area contributed by atoms with Gasteiger partial charge in [0.1, 0.15) is 0 Å². The molecule has 0 saturated carbocycles.